The van der Waals surface area contributed by atoms with Gasteiger partial charge in [0.15, 0.2) is 0 Å². The van der Waals surface area contributed by atoms with E-state index in [4.69, 9.17) is 0 Å². The molecule has 4 N–H and O–H groups in total. The molecule has 0 saturated carbocycles. The number of benzene rings is 2. The van der Waals surface area contributed by atoms with Gasteiger partial charge in [-0.2, -0.15) is 5.10 Å². The van der Waals surface area contributed by atoms with Crippen LogP contribution in [0.4, 0.5) is 4.39 Å². The van der Waals surface area contributed by atoms with Crippen molar-refractivity contribution in [3.05, 3.63) is 91.9 Å². The third-order valence-electron chi connectivity index (χ3n) is 3.97. The highest BCUT2D eigenvalue weighted by atomic mass is 19.1. The highest BCUT2D eigenvalue weighted by Crippen LogP contribution is 2.15. The van der Waals surface area contributed by atoms with Crippen molar-refractivity contribution in [2.45, 2.75) is 6.54 Å². The zero-order valence-corrected chi connectivity index (χ0v) is 14.8. The van der Waals surface area contributed by atoms with Crippen molar-refractivity contribution in [3.63, 3.8) is 0 Å². The molecule has 0 aliphatic rings. The molecular formula is C19H15FN4O5. The standard InChI is InChI=1S/C19H15FN4O5/c20-12-7-5-11(6-8-12)10-24-18(28)14(16(26)22-19(24)29)9-21-23-17(27)13-3-1-2-4-15(13)25/h1-9,25,28H,10H2,(H,23,27)(H,22,26,29)/b21-9+. The van der Waals surface area contributed by atoms with Gasteiger partial charge in [-0.1, -0.05) is 24.3 Å². The number of phenols is 1. The number of phenolic OH excluding ortho intramolecular Hbond substituents is 1. The maximum absolute atomic E-state index is 13.0. The molecule has 10 heteroatoms. The van der Waals surface area contributed by atoms with Crippen LogP contribution < -0.4 is 16.7 Å². The average Bonchev–Trinajstić information content (AvgIpc) is 2.69. The number of para-hydroxylation sites is 1. The van der Waals surface area contributed by atoms with E-state index in [0.717, 1.165) is 10.8 Å². The number of carbonyl (C=O) groups is 1. The van der Waals surface area contributed by atoms with Crippen molar-refractivity contribution in [2.24, 2.45) is 5.10 Å². The third-order valence-corrected chi connectivity index (χ3v) is 3.97. The summed E-state index contributed by atoms with van der Waals surface area (Å²) in [7, 11) is 0. The molecule has 2 aromatic carbocycles. The minimum absolute atomic E-state index is 0.0379. The Labute approximate surface area is 162 Å². The van der Waals surface area contributed by atoms with Crippen LogP contribution in [0.3, 0.4) is 0 Å². The summed E-state index contributed by atoms with van der Waals surface area (Å²) in [6.07, 6.45) is 0.868. The average molecular weight is 398 g/mol. The fourth-order valence-corrected chi connectivity index (χ4v) is 2.49. The van der Waals surface area contributed by atoms with Gasteiger partial charge in [0, 0.05) is 0 Å². The minimum Gasteiger partial charge on any atom is -0.507 e. The molecule has 0 saturated heterocycles. The van der Waals surface area contributed by atoms with Crippen LogP contribution in [0.15, 0.2) is 63.2 Å². The Morgan fingerprint density at radius 1 is 1.14 bits per heavy atom. The SMILES string of the molecule is O=C(N/N=C/c1c(O)n(Cc2ccc(F)cc2)c(=O)[nH]c1=O)c1ccccc1O. The van der Waals surface area contributed by atoms with Crippen LogP contribution in [-0.4, -0.2) is 31.9 Å². The van der Waals surface area contributed by atoms with Crippen molar-refractivity contribution in [1.29, 1.82) is 0 Å². The molecule has 1 aromatic heterocycles. The first kappa shape index (κ1) is 19.5. The number of carbonyl (C=O) groups excluding carboxylic acids is 1. The lowest BCUT2D eigenvalue weighted by atomic mass is 10.2. The Morgan fingerprint density at radius 3 is 2.52 bits per heavy atom. The van der Waals surface area contributed by atoms with Gasteiger partial charge in [0.05, 0.1) is 18.3 Å². The first-order valence-electron chi connectivity index (χ1n) is 8.28. The number of H-pyrrole nitrogens is 1. The second-order valence-corrected chi connectivity index (χ2v) is 5.93. The van der Waals surface area contributed by atoms with Gasteiger partial charge < -0.3 is 10.2 Å². The predicted octanol–water partition coefficient (Wildman–Crippen LogP) is 0.899. The number of nitrogens with one attached hydrogen (secondary N) is 2. The zero-order chi connectivity index (χ0) is 21.0. The predicted molar refractivity (Wildman–Crippen MR) is 102 cm³/mol. The van der Waals surface area contributed by atoms with Crippen molar-refractivity contribution in [2.75, 3.05) is 0 Å². The van der Waals surface area contributed by atoms with Crippen LogP contribution in [0, 0.1) is 5.82 Å². The first-order chi connectivity index (χ1) is 13.9. The lowest BCUT2D eigenvalue weighted by molar-refractivity contribution is 0.0952. The number of amides is 1. The molecule has 29 heavy (non-hydrogen) atoms. The Balaban J connectivity index is 1.85. The van der Waals surface area contributed by atoms with E-state index in [1.54, 1.807) is 6.07 Å². The van der Waals surface area contributed by atoms with Crippen LogP contribution in [-0.2, 0) is 6.54 Å². The molecule has 0 fully saturated rings. The summed E-state index contributed by atoms with van der Waals surface area (Å²) in [5, 5.41) is 23.5. The summed E-state index contributed by atoms with van der Waals surface area (Å²) in [4.78, 5) is 38.0. The molecule has 0 radical (unpaired) electrons. The second kappa shape index (κ2) is 8.21. The summed E-state index contributed by atoms with van der Waals surface area (Å²) in [6.45, 7) is -0.132. The number of aromatic amines is 1. The van der Waals surface area contributed by atoms with Gasteiger partial charge in [0.1, 0.15) is 17.1 Å². The van der Waals surface area contributed by atoms with Crippen LogP contribution in [0.2, 0.25) is 0 Å². The molecule has 1 heterocycles. The van der Waals surface area contributed by atoms with E-state index in [-0.39, 0.29) is 23.4 Å². The van der Waals surface area contributed by atoms with E-state index >= 15 is 0 Å². The second-order valence-electron chi connectivity index (χ2n) is 5.93. The van der Waals surface area contributed by atoms with Crippen molar-refractivity contribution in [3.8, 4) is 11.6 Å². The number of aromatic hydroxyl groups is 2. The topological polar surface area (TPSA) is 137 Å². The molecule has 3 aromatic rings. The van der Waals surface area contributed by atoms with Crippen LogP contribution >= 0.6 is 0 Å². The highest BCUT2D eigenvalue weighted by Gasteiger charge is 2.14. The summed E-state index contributed by atoms with van der Waals surface area (Å²) in [5.74, 6) is -2.13. The largest absolute Gasteiger partial charge is 0.507 e. The summed E-state index contributed by atoms with van der Waals surface area (Å²) in [5.41, 5.74) is 0.426. The maximum Gasteiger partial charge on any atom is 0.331 e. The molecule has 1 amide bonds. The van der Waals surface area contributed by atoms with Gasteiger partial charge in [0.2, 0.25) is 5.88 Å². The van der Waals surface area contributed by atoms with Gasteiger partial charge in [0.25, 0.3) is 11.5 Å². The summed E-state index contributed by atoms with van der Waals surface area (Å²) >= 11 is 0. The molecule has 9 nitrogen and oxygen atoms in total. The number of hydrogen-bond donors (Lipinski definition) is 4. The lowest BCUT2D eigenvalue weighted by Crippen LogP contribution is -2.32. The number of nitrogens with zero attached hydrogens (tertiary/aromatic N) is 2. The summed E-state index contributed by atoms with van der Waals surface area (Å²) in [6, 6.07) is 11.0. The van der Waals surface area contributed by atoms with Gasteiger partial charge in [-0.05, 0) is 29.8 Å². The molecule has 0 unspecified atom stereocenters. The Bertz CT molecular complexity index is 1200. The van der Waals surface area contributed by atoms with Crippen molar-refractivity contribution in [1.82, 2.24) is 15.0 Å². The number of hydrogen-bond acceptors (Lipinski definition) is 6. The van der Waals surface area contributed by atoms with E-state index in [1.807, 2.05) is 4.98 Å². The van der Waals surface area contributed by atoms with Gasteiger partial charge in [-0.25, -0.2) is 14.6 Å². The lowest BCUT2D eigenvalue weighted by Gasteiger charge is -2.09. The van der Waals surface area contributed by atoms with E-state index in [9.17, 15) is 29.0 Å². The quantitative estimate of drug-likeness (QED) is 0.374. The molecule has 0 aliphatic carbocycles. The fourth-order valence-electron chi connectivity index (χ4n) is 2.49. The van der Waals surface area contributed by atoms with Crippen molar-refractivity contribution < 1.29 is 19.4 Å². The van der Waals surface area contributed by atoms with Crippen LogP contribution in [0.1, 0.15) is 21.5 Å². The minimum atomic E-state index is -0.914. The van der Waals surface area contributed by atoms with E-state index < -0.39 is 28.9 Å². The fraction of sp³-hybridized carbons (Fsp3) is 0.0526. The summed E-state index contributed by atoms with van der Waals surface area (Å²) < 4.78 is 13.9. The van der Waals surface area contributed by atoms with E-state index in [2.05, 4.69) is 10.5 Å². The molecule has 0 atom stereocenters. The molecular weight excluding hydrogens is 383 g/mol. The molecule has 0 spiro atoms. The van der Waals surface area contributed by atoms with Gasteiger partial charge in [-0.15, -0.1) is 0 Å². The molecule has 148 valence electrons. The van der Waals surface area contributed by atoms with Gasteiger partial charge >= 0.3 is 5.69 Å². The van der Waals surface area contributed by atoms with E-state index in [1.165, 1.54) is 42.5 Å². The maximum atomic E-state index is 13.0. The smallest absolute Gasteiger partial charge is 0.331 e. The van der Waals surface area contributed by atoms with Gasteiger partial charge in [-0.3, -0.25) is 19.1 Å². The molecule has 0 bridgehead atoms. The monoisotopic (exact) mass is 398 g/mol. The Kier molecular flexibility index (Phi) is 5.54. The number of rotatable bonds is 5. The third kappa shape index (κ3) is 4.38. The number of aromatic nitrogens is 2. The van der Waals surface area contributed by atoms with E-state index in [0.29, 0.717) is 5.56 Å². The number of hydrazone groups is 1. The normalized spacial score (nSPS) is 10.9. The molecule has 3 rings (SSSR count). The van der Waals surface area contributed by atoms with Crippen LogP contribution in [0.25, 0.3) is 0 Å². The highest BCUT2D eigenvalue weighted by molar-refractivity contribution is 5.97. The number of halogens is 1. The Hall–Kier alpha value is -4.21. The zero-order valence-electron chi connectivity index (χ0n) is 14.8. The Morgan fingerprint density at radius 2 is 1.83 bits per heavy atom. The van der Waals surface area contributed by atoms with Crippen LogP contribution in [0.5, 0.6) is 11.6 Å². The first-order valence-corrected chi connectivity index (χ1v) is 8.28. The van der Waals surface area contributed by atoms with Crippen molar-refractivity contribution >= 4 is 12.1 Å². The molecule has 0 aliphatic heterocycles.